The van der Waals surface area contributed by atoms with E-state index >= 15 is 0 Å². The molecule has 0 atom stereocenters. The molecule has 0 aromatic heterocycles. The van der Waals surface area contributed by atoms with Crippen LogP contribution in [0.3, 0.4) is 0 Å². The standard InChI is InChI=1S/C15H14/c1-12(2)7-8-13-9-10-14-5-3-4-6-15(14)11-13/h3-6,8-11H,1-2H3. The van der Waals surface area contributed by atoms with E-state index < -0.39 is 0 Å². The Balaban J connectivity index is 2.52. The van der Waals surface area contributed by atoms with E-state index in [1.165, 1.54) is 21.9 Å². The SMILES string of the molecule is CC(C)=C=Cc1ccc2ccccc2c1. The molecule has 0 heterocycles. The maximum absolute atomic E-state index is 3.22. The first-order chi connectivity index (χ1) is 7.25. The Kier molecular flexibility index (Phi) is 2.71. The predicted octanol–water partition coefficient (Wildman–Crippen LogP) is 4.42. The Morgan fingerprint density at radius 1 is 1.00 bits per heavy atom. The Bertz CT molecular complexity index is 537. The van der Waals surface area contributed by atoms with Gasteiger partial charge in [-0.25, -0.2) is 0 Å². The molecule has 0 radical (unpaired) electrons. The highest BCUT2D eigenvalue weighted by atomic mass is 14.0. The summed E-state index contributed by atoms with van der Waals surface area (Å²) in [6, 6.07) is 14.8. The summed E-state index contributed by atoms with van der Waals surface area (Å²) in [6.07, 6.45) is 2.03. The Morgan fingerprint density at radius 3 is 2.47 bits per heavy atom. The van der Waals surface area contributed by atoms with Crippen molar-refractivity contribution in [2.75, 3.05) is 0 Å². The summed E-state index contributed by atoms with van der Waals surface area (Å²) in [4.78, 5) is 0. The molecule has 15 heavy (non-hydrogen) atoms. The third kappa shape index (κ3) is 2.37. The molecular formula is C15H14. The molecule has 0 amide bonds. The summed E-state index contributed by atoms with van der Waals surface area (Å²) in [7, 11) is 0. The lowest BCUT2D eigenvalue weighted by Crippen LogP contribution is -1.74. The van der Waals surface area contributed by atoms with Crippen LogP contribution in [0.15, 0.2) is 53.8 Å². The van der Waals surface area contributed by atoms with E-state index in [4.69, 9.17) is 0 Å². The molecule has 0 saturated heterocycles. The van der Waals surface area contributed by atoms with Crippen molar-refractivity contribution in [3.63, 3.8) is 0 Å². The molecule has 2 aromatic carbocycles. The average molecular weight is 194 g/mol. The van der Waals surface area contributed by atoms with Crippen molar-refractivity contribution in [1.29, 1.82) is 0 Å². The van der Waals surface area contributed by atoms with Gasteiger partial charge in [0.2, 0.25) is 0 Å². The first-order valence-corrected chi connectivity index (χ1v) is 5.14. The molecule has 0 heteroatoms. The first-order valence-electron chi connectivity index (χ1n) is 5.14. The molecule has 0 nitrogen and oxygen atoms in total. The zero-order valence-electron chi connectivity index (χ0n) is 9.12. The summed E-state index contributed by atoms with van der Waals surface area (Å²) in [5.41, 5.74) is 5.62. The van der Waals surface area contributed by atoms with Crippen LogP contribution in [-0.2, 0) is 0 Å². The summed E-state index contributed by atoms with van der Waals surface area (Å²) < 4.78 is 0. The smallest absolute Gasteiger partial charge is 0.0128 e. The van der Waals surface area contributed by atoms with Gasteiger partial charge in [0.05, 0.1) is 0 Å². The maximum atomic E-state index is 3.22. The van der Waals surface area contributed by atoms with Gasteiger partial charge in [-0.2, -0.15) is 0 Å². The van der Waals surface area contributed by atoms with E-state index in [1.54, 1.807) is 0 Å². The van der Waals surface area contributed by atoms with Crippen LogP contribution in [0.4, 0.5) is 0 Å². The second-order valence-electron chi connectivity index (χ2n) is 3.90. The van der Waals surface area contributed by atoms with Crippen molar-refractivity contribution in [1.82, 2.24) is 0 Å². The lowest BCUT2D eigenvalue weighted by atomic mass is 10.1. The molecule has 0 spiro atoms. The van der Waals surface area contributed by atoms with Crippen molar-refractivity contribution < 1.29 is 0 Å². The van der Waals surface area contributed by atoms with E-state index in [1.807, 2.05) is 6.08 Å². The minimum atomic E-state index is 1.20. The van der Waals surface area contributed by atoms with E-state index in [2.05, 4.69) is 62.0 Å². The molecule has 0 N–H and O–H groups in total. The van der Waals surface area contributed by atoms with Crippen molar-refractivity contribution in [3.05, 3.63) is 59.3 Å². The van der Waals surface area contributed by atoms with Gasteiger partial charge in [-0.1, -0.05) is 36.4 Å². The molecule has 0 aliphatic carbocycles. The second-order valence-corrected chi connectivity index (χ2v) is 3.90. The van der Waals surface area contributed by atoms with E-state index in [9.17, 15) is 0 Å². The number of rotatable bonds is 1. The van der Waals surface area contributed by atoms with Gasteiger partial charge in [0.1, 0.15) is 0 Å². The molecule has 0 fully saturated rings. The van der Waals surface area contributed by atoms with Crippen molar-refractivity contribution in [3.8, 4) is 0 Å². The quantitative estimate of drug-likeness (QED) is 0.589. The van der Waals surface area contributed by atoms with Gasteiger partial charge in [-0.3, -0.25) is 0 Å². The molecule has 0 aliphatic heterocycles. The number of hydrogen-bond acceptors (Lipinski definition) is 0. The van der Waals surface area contributed by atoms with Crippen LogP contribution in [0.1, 0.15) is 19.4 Å². The van der Waals surface area contributed by atoms with Gasteiger partial charge in [-0.05, 0) is 47.9 Å². The van der Waals surface area contributed by atoms with E-state index in [0.29, 0.717) is 0 Å². The Hall–Kier alpha value is -1.78. The average Bonchev–Trinajstić information content (AvgIpc) is 2.26. The van der Waals surface area contributed by atoms with Crippen LogP contribution >= 0.6 is 0 Å². The van der Waals surface area contributed by atoms with Crippen molar-refractivity contribution in [2.24, 2.45) is 0 Å². The fourth-order valence-electron chi connectivity index (χ4n) is 1.53. The van der Waals surface area contributed by atoms with Crippen LogP contribution in [0.25, 0.3) is 16.8 Å². The maximum Gasteiger partial charge on any atom is -0.0128 e. The fraction of sp³-hybridized carbons (Fsp3) is 0.133. The molecule has 74 valence electrons. The minimum Gasteiger partial charge on any atom is -0.122 e. The van der Waals surface area contributed by atoms with Crippen LogP contribution in [0, 0.1) is 0 Å². The number of fused-ring (bicyclic) bond motifs is 1. The predicted molar refractivity (Wildman–Crippen MR) is 66.8 cm³/mol. The number of benzene rings is 2. The zero-order chi connectivity index (χ0) is 10.7. The highest BCUT2D eigenvalue weighted by Crippen LogP contribution is 2.16. The van der Waals surface area contributed by atoms with Gasteiger partial charge in [-0.15, -0.1) is 5.73 Å². The fourth-order valence-corrected chi connectivity index (χ4v) is 1.53. The van der Waals surface area contributed by atoms with Crippen molar-refractivity contribution in [2.45, 2.75) is 13.8 Å². The van der Waals surface area contributed by atoms with Crippen LogP contribution in [0.2, 0.25) is 0 Å². The Labute approximate surface area is 90.6 Å². The van der Waals surface area contributed by atoms with Crippen LogP contribution in [-0.4, -0.2) is 0 Å². The molecule has 2 rings (SSSR count). The number of hydrogen-bond donors (Lipinski definition) is 0. The van der Waals surface area contributed by atoms with Crippen LogP contribution in [0.5, 0.6) is 0 Å². The Morgan fingerprint density at radius 2 is 1.73 bits per heavy atom. The van der Waals surface area contributed by atoms with Gasteiger partial charge in [0, 0.05) is 0 Å². The normalized spacial score (nSPS) is 9.73. The second kappa shape index (κ2) is 4.16. The first kappa shape index (κ1) is 9.76. The molecule has 0 aliphatic rings. The van der Waals surface area contributed by atoms with Gasteiger partial charge in [0.15, 0.2) is 0 Å². The lowest BCUT2D eigenvalue weighted by Gasteiger charge is -1.97. The number of allylic oxidation sites excluding steroid dienone is 1. The third-order valence-electron chi connectivity index (χ3n) is 2.30. The van der Waals surface area contributed by atoms with E-state index in [-0.39, 0.29) is 0 Å². The monoisotopic (exact) mass is 194 g/mol. The molecular weight excluding hydrogens is 180 g/mol. The summed E-state index contributed by atoms with van der Waals surface area (Å²) in [6.45, 7) is 4.11. The van der Waals surface area contributed by atoms with Crippen molar-refractivity contribution >= 4 is 16.8 Å². The highest BCUT2D eigenvalue weighted by Gasteiger charge is 1.91. The zero-order valence-corrected chi connectivity index (χ0v) is 9.12. The molecule has 2 aromatic rings. The largest absolute Gasteiger partial charge is 0.122 e. The van der Waals surface area contributed by atoms with Gasteiger partial charge in [0.25, 0.3) is 0 Å². The highest BCUT2D eigenvalue weighted by molar-refractivity contribution is 5.84. The third-order valence-corrected chi connectivity index (χ3v) is 2.30. The minimum absolute atomic E-state index is 1.20. The topological polar surface area (TPSA) is 0 Å². The van der Waals surface area contributed by atoms with Gasteiger partial charge >= 0.3 is 0 Å². The lowest BCUT2D eigenvalue weighted by molar-refractivity contribution is 1.41. The van der Waals surface area contributed by atoms with Gasteiger partial charge < -0.3 is 0 Å². The van der Waals surface area contributed by atoms with Crippen LogP contribution < -0.4 is 0 Å². The molecule has 0 saturated carbocycles. The summed E-state index contributed by atoms with van der Waals surface area (Å²) in [5, 5.41) is 2.56. The van der Waals surface area contributed by atoms with E-state index in [0.717, 1.165) is 0 Å². The summed E-state index contributed by atoms with van der Waals surface area (Å²) >= 11 is 0. The molecule has 0 unspecified atom stereocenters. The molecule has 0 bridgehead atoms. The summed E-state index contributed by atoms with van der Waals surface area (Å²) in [5.74, 6) is 0.